The van der Waals surface area contributed by atoms with Crippen molar-refractivity contribution >= 4 is 29.3 Å². The van der Waals surface area contributed by atoms with Gasteiger partial charge in [-0.3, -0.25) is 29.4 Å². The molecular formula is C27H31N5O6. The summed E-state index contributed by atoms with van der Waals surface area (Å²) in [6, 6.07) is 7.80. The molecule has 200 valence electrons. The first-order chi connectivity index (χ1) is 18.3. The van der Waals surface area contributed by atoms with E-state index in [0.29, 0.717) is 30.0 Å². The highest BCUT2D eigenvalue weighted by Gasteiger charge is 2.45. The van der Waals surface area contributed by atoms with Gasteiger partial charge in [0.1, 0.15) is 17.9 Å². The fourth-order valence-corrected chi connectivity index (χ4v) is 5.01. The van der Waals surface area contributed by atoms with Crippen LogP contribution < -0.4 is 20.5 Å². The molecule has 1 saturated carbocycles. The number of piperidine rings is 1. The number of pyridine rings is 1. The number of ether oxygens (including phenoxy) is 2. The first-order valence-corrected chi connectivity index (χ1v) is 12.9. The number of unbranched alkanes of at least 4 members (excludes halogenated alkanes) is 1. The van der Waals surface area contributed by atoms with Crippen molar-refractivity contribution in [2.24, 2.45) is 0 Å². The van der Waals surface area contributed by atoms with Crippen LogP contribution in [0.5, 0.6) is 11.6 Å². The second-order valence-corrected chi connectivity index (χ2v) is 9.99. The SMILES string of the molecule is CN(CCCCOc1ccc(N)cn1)[C@H]1C[C@H](Oc2ccc3c(c2)C(=O)N(C2CCC(=O)NC2=O)C3=O)C1. The lowest BCUT2D eigenvalue weighted by molar-refractivity contribution is -0.136. The van der Waals surface area contributed by atoms with E-state index in [9.17, 15) is 19.2 Å². The molecule has 5 rings (SSSR count). The Bertz CT molecular complexity index is 1240. The first-order valence-electron chi connectivity index (χ1n) is 12.9. The maximum atomic E-state index is 13.0. The minimum absolute atomic E-state index is 0.0267. The molecule has 11 nitrogen and oxygen atoms in total. The lowest BCUT2D eigenvalue weighted by Gasteiger charge is -2.41. The van der Waals surface area contributed by atoms with E-state index in [-0.39, 0.29) is 30.1 Å². The van der Waals surface area contributed by atoms with Crippen LogP contribution in [0.25, 0.3) is 0 Å². The molecule has 4 amide bonds. The summed E-state index contributed by atoms with van der Waals surface area (Å²) in [5.74, 6) is -0.978. The number of nitrogens with two attached hydrogens (primary N) is 1. The molecule has 3 aliphatic rings. The predicted molar refractivity (Wildman–Crippen MR) is 137 cm³/mol. The highest BCUT2D eigenvalue weighted by molar-refractivity contribution is 6.23. The lowest BCUT2D eigenvalue weighted by Crippen LogP contribution is -2.54. The third-order valence-corrected chi connectivity index (χ3v) is 7.32. The van der Waals surface area contributed by atoms with Crippen LogP contribution in [0.4, 0.5) is 5.69 Å². The van der Waals surface area contributed by atoms with Gasteiger partial charge in [0.15, 0.2) is 0 Å². The number of nitrogen functional groups attached to an aromatic ring is 1. The predicted octanol–water partition coefficient (Wildman–Crippen LogP) is 1.77. The standard InChI is InChI=1S/C27H31N5O6/c1-31(10-2-3-11-37-24-9-4-16(28)15-29-24)17-12-19(13-17)38-18-5-6-20-21(14-18)27(36)32(26(20)35)22-7-8-23(33)30-25(22)34/h4-6,9,14-15,17,19,22H,2-3,7-8,10-13,28H2,1H3,(H,30,33,34)/t17-,19-,22?. The third kappa shape index (κ3) is 5.33. The van der Waals surface area contributed by atoms with Crippen molar-refractivity contribution in [3.63, 3.8) is 0 Å². The number of hydrogen-bond acceptors (Lipinski definition) is 9. The number of rotatable bonds is 10. The van der Waals surface area contributed by atoms with Gasteiger partial charge in [-0.2, -0.15) is 0 Å². The van der Waals surface area contributed by atoms with E-state index in [1.54, 1.807) is 36.5 Å². The van der Waals surface area contributed by atoms with Crippen LogP contribution in [-0.2, 0) is 9.59 Å². The van der Waals surface area contributed by atoms with E-state index in [0.717, 1.165) is 37.1 Å². The number of hydrogen-bond donors (Lipinski definition) is 2. The first kappa shape index (κ1) is 25.7. The van der Waals surface area contributed by atoms with Crippen LogP contribution in [0.3, 0.4) is 0 Å². The number of fused-ring (bicyclic) bond motifs is 1. The van der Waals surface area contributed by atoms with Crippen LogP contribution in [0.1, 0.15) is 59.2 Å². The van der Waals surface area contributed by atoms with Crippen LogP contribution in [0, 0.1) is 0 Å². The van der Waals surface area contributed by atoms with E-state index in [1.165, 1.54) is 0 Å². The number of anilines is 1. The van der Waals surface area contributed by atoms with Crippen molar-refractivity contribution in [3.8, 4) is 11.6 Å². The van der Waals surface area contributed by atoms with Gasteiger partial charge in [0.25, 0.3) is 11.8 Å². The van der Waals surface area contributed by atoms with Crippen molar-refractivity contribution in [2.45, 2.75) is 56.7 Å². The van der Waals surface area contributed by atoms with E-state index in [1.807, 2.05) is 0 Å². The zero-order valence-electron chi connectivity index (χ0n) is 21.2. The average molecular weight is 522 g/mol. The Kier molecular flexibility index (Phi) is 7.28. The Morgan fingerprint density at radius 3 is 2.61 bits per heavy atom. The van der Waals surface area contributed by atoms with Crippen molar-refractivity contribution in [1.82, 2.24) is 20.1 Å². The highest BCUT2D eigenvalue weighted by atomic mass is 16.5. The number of benzene rings is 1. The second kappa shape index (κ2) is 10.8. The topological polar surface area (TPSA) is 144 Å². The summed E-state index contributed by atoms with van der Waals surface area (Å²) < 4.78 is 11.7. The van der Waals surface area contributed by atoms with Crippen molar-refractivity contribution < 1.29 is 28.7 Å². The number of carbonyl (C=O) groups excluding carboxylic acids is 4. The molecule has 1 aliphatic carbocycles. The average Bonchev–Trinajstić information content (AvgIpc) is 3.11. The molecule has 2 fully saturated rings. The number of amides is 4. The molecule has 2 aromatic rings. The molecule has 1 saturated heterocycles. The number of imide groups is 2. The Morgan fingerprint density at radius 1 is 1.08 bits per heavy atom. The number of nitrogens with one attached hydrogen (secondary N) is 1. The molecule has 1 atom stereocenters. The van der Waals surface area contributed by atoms with Gasteiger partial charge in [0.2, 0.25) is 17.7 Å². The molecule has 11 heteroatoms. The number of aromatic nitrogens is 1. The zero-order valence-corrected chi connectivity index (χ0v) is 21.2. The molecule has 3 heterocycles. The quantitative estimate of drug-likeness (QED) is 0.353. The molecular weight excluding hydrogens is 490 g/mol. The van der Waals surface area contributed by atoms with E-state index >= 15 is 0 Å². The summed E-state index contributed by atoms with van der Waals surface area (Å²) in [6.45, 7) is 1.54. The van der Waals surface area contributed by atoms with E-state index in [2.05, 4.69) is 22.2 Å². The molecule has 0 bridgehead atoms. The summed E-state index contributed by atoms with van der Waals surface area (Å²) >= 11 is 0. The monoisotopic (exact) mass is 521 g/mol. The van der Waals surface area contributed by atoms with Gasteiger partial charge in [-0.15, -0.1) is 0 Å². The van der Waals surface area contributed by atoms with Crippen LogP contribution in [-0.4, -0.2) is 76.8 Å². The molecule has 3 N–H and O–H groups in total. The summed E-state index contributed by atoms with van der Waals surface area (Å²) in [4.78, 5) is 56.9. The van der Waals surface area contributed by atoms with Crippen molar-refractivity contribution in [3.05, 3.63) is 47.7 Å². The molecule has 2 aliphatic heterocycles. The van der Waals surface area contributed by atoms with Crippen LogP contribution in [0.2, 0.25) is 0 Å². The van der Waals surface area contributed by atoms with Crippen LogP contribution >= 0.6 is 0 Å². The Hall–Kier alpha value is -3.99. The van der Waals surface area contributed by atoms with Gasteiger partial charge in [0.05, 0.1) is 29.6 Å². The minimum atomic E-state index is -0.978. The number of nitrogens with zero attached hydrogens (tertiary/aromatic N) is 3. The normalized spacial score (nSPS) is 22.8. The van der Waals surface area contributed by atoms with E-state index in [4.69, 9.17) is 15.2 Å². The van der Waals surface area contributed by atoms with Gasteiger partial charge in [0, 0.05) is 31.4 Å². The van der Waals surface area contributed by atoms with Crippen molar-refractivity contribution in [2.75, 3.05) is 25.9 Å². The Labute approximate surface area is 220 Å². The maximum absolute atomic E-state index is 13.0. The molecule has 0 radical (unpaired) electrons. The highest BCUT2D eigenvalue weighted by Crippen LogP contribution is 2.33. The third-order valence-electron chi connectivity index (χ3n) is 7.32. The molecule has 1 unspecified atom stereocenters. The lowest BCUT2D eigenvalue weighted by atomic mass is 9.88. The minimum Gasteiger partial charge on any atom is -0.490 e. The Morgan fingerprint density at radius 2 is 1.87 bits per heavy atom. The molecule has 0 spiro atoms. The summed E-state index contributed by atoms with van der Waals surface area (Å²) in [7, 11) is 2.10. The van der Waals surface area contributed by atoms with E-state index < -0.39 is 29.7 Å². The van der Waals surface area contributed by atoms with Gasteiger partial charge in [-0.05, 0) is 57.1 Å². The largest absolute Gasteiger partial charge is 0.490 e. The van der Waals surface area contributed by atoms with Gasteiger partial charge in [-0.1, -0.05) is 0 Å². The zero-order chi connectivity index (χ0) is 26.8. The molecule has 38 heavy (non-hydrogen) atoms. The van der Waals surface area contributed by atoms with Crippen LogP contribution in [0.15, 0.2) is 36.5 Å². The summed E-state index contributed by atoms with van der Waals surface area (Å²) in [6.07, 6.45) is 5.48. The van der Waals surface area contributed by atoms with Gasteiger partial charge >= 0.3 is 0 Å². The summed E-state index contributed by atoms with van der Waals surface area (Å²) in [5.41, 5.74) is 6.70. The van der Waals surface area contributed by atoms with Gasteiger partial charge < -0.3 is 20.1 Å². The fourth-order valence-electron chi connectivity index (χ4n) is 5.01. The van der Waals surface area contributed by atoms with Gasteiger partial charge in [-0.25, -0.2) is 4.98 Å². The Balaban J connectivity index is 1.06. The fraction of sp³-hybridized carbons (Fsp3) is 0.444. The molecule has 1 aromatic carbocycles. The molecule has 1 aromatic heterocycles. The maximum Gasteiger partial charge on any atom is 0.262 e. The number of carbonyl (C=O) groups is 4. The smallest absolute Gasteiger partial charge is 0.262 e. The second-order valence-electron chi connectivity index (χ2n) is 9.99. The van der Waals surface area contributed by atoms with Crippen molar-refractivity contribution in [1.29, 1.82) is 0 Å². The summed E-state index contributed by atoms with van der Waals surface area (Å²) in [5, 5.41) is 2.20.